The number of hydrogen-bond acceptors (Lipinski definition) is 11. The first-order valence-corrected chi connectivity index (χ1v) is 19.7. The van der Waals surface area contributed by atoms with Crippen molar-refractivity contribution in [2.45, 2.75) is 12.4 Å². The molecule has 0 atom stereocenters. The van der Waals surface area contributed by atoms with E-state index in [0.717, 1.165) is 30.8 Å². The minimum absolute atomic E-state index is 0.0426. The molecule has 5 N–H and O–H groups in total. The maximum atomic E-state index is 13.0. The van der Waals surface area contributed by atoms with Gasteiger partial charge in [-0.2, -0.15) is 26.3 Å². The summed E-state index contributed by atoms with van der Waals surface area (Å²) in [6.45, 7) is 1.47. The number of urea groups is 2. The molecule has 3 aromatic heterocycles. The van der Waals surface area contributed by atoms with Crippen molar-refractivity contribution in [2.75, 3.05) is 34.4 Å². The number of hydrogen-bond donors (Lipinski definition) is 5. The number of halogens is 8. The number of alkyl halides is 6. The van der Waals surface area contributed by atoms with E-state index in [-0.39, 0.29) is 17.3 Å². The molecular formula is C43H30Cl2F6N10O5. The zero-order valence-electron chi connectivity index (χ0n) is 33.3. The van der Waals surface area contributed by atoms with Crippen molar-refractivity contribution >= 4 is 63.8 Å². The third kappa shape index (κ3) is 12.6. The van der Waals surface area contributed by atoms with Crippen molar-refractivity contribution in [3.05, 3.63) is 155 Å². The number of rotatable bonds is 10. The molecule has 1 aliphatic heterocycles. The summed E-state index contributed by atoms with van der Waals surface area (Å²) >= 11 is 11.2. The largest absolute Gasteiger partial charge is 0.457 e. The number of anilines is 4. The Morgan fingerprint density at radius 1 is 0.591 bits per heavy atom. The van der Waals surface area contributed by atoms with Gasteiger partial charge in [0.2, 0.25) is 6.39 Å². The number of ether oxygens (including phenoxy) is 2. The fourth-order valence-electron chi connectivity index (χ4n) is 5.76. The predicted octanol–water partition coefficient (Wildman–Crippen LogP) is 11.8. The highest BCUT2D eigenvalue weighted by Crippen LogP contribution is 2.37. The second-order valence-corrected chi connectivity index (χ2v) is 14.3. The van der Waals surface area contributed by atoms with Crippen LogP contribution >= 0.6 is 23.2 Å². The average Bonchev–Trinajstić information content (AvgIpc) is 4.03. The normalized spacial score (nSPS) is 12.2. The van der Waals surface area contributed by atoms with E-state index in [4.69, 9.17) is 37.1 Å². The number of benzene rings is 4. The molecule has 338 valence electrons. The summed E-state index contributed by atoms with van der Waals surface area (Å²) in [5.41, 5.74) is -0.235. The van der Waals surface area contributed by atoms with Gasteiger partial charge in [0.05, 0.1) is 27.7 Å². The molecule has 0 spiro atoms. The molecule has 8 rings (SSSR count). The van der Waals surface area contributed by atoms with Gasteiger partial charge in [0, 0.05) is 53.8 Å². The van der Waals surface area contributed by atoms with Crippen molar-refractivity contribution < 1.29 is 49.8 Å². The molecule has 15 nitrogen and oxygen atoms in total. The first-order chi connectivity index (χ1) is 31.6. The molecule has 0 aliphatic carbocycles. The molecule has 0 bridgehead atoms. The summed E-state index contributed by atoms with van der Waals surface area (Å²) in [5, 5.41) is 19.4. The van der Waals surface area contributed by atoms with Crippen LogP contribution < -0.4 is 36.1 Å². The molecule has 4 heterocycles. The molecule has 4 amide bonds. The highest BCUT2D eigenvalue weighted by Gasteiger charge is 2.34. The SMILES string of the molecule is O=C(Nc1ccc(Oc2ccnc(-c3nnco3)c2)cc1)Nc1ccc(Cl)c(C(F)(F)F)c1.O=C(Nc1ccc(Oc2ccnc(C3=NCCN3)c2)cc1)Nc1ccc(Cl)c(C(F)(F)F)c1. The summed E-state index contributed by atoms with van der Waals surface area (Å²) in [6, 6.07) is 24.4. The van der Waals surface area contributed by atoms with E-state index in [1.807, 2.05) is 0 Å². The topological polar surface area (TPSA) is 190 Å². The van der Waals surface area contributed by atoms with Gasteiger partial charge < -0.3 is 40.5 Å². The second-order valence-electron chi connectivity index (χ2n) is 13.5. The van der Waals surface area contributed by atoms with E-state index in [1.165, 1.54) is 24.7 Å². The molecule has 1 aliphatic rings. The average molecular weight is 952 g/mol. The van der Waals surface area contributed by atoms with Gasteiger partial charge in [-0.3, -0.25) is 15.0 Å². The highest BCUT2D eigenvalue weighted by molar-refractivity contribution is 6.32. The molecule has 23 heteroatoms. The molecule has 0 fully saturated rings. The van der Waals surface area contributed by atoms with Crippen LogP contribution in [0.5, 0.6) is 23.0 Å². The van der Waals surface area contributed by atoms with Gasteiger partial charge in [0.1, 0.15) is 40.2 Å². The minimum atomic E-state index is -4.64. The molecular weight excluding hydrogens is 921 g/mol. The van der Waals surface area contributed by atoms with E-state index >= 15 is 0 Å². The number of amides is 4. The molecule has 0 unspecified atom stereocenters. The van der Waals surface area contributed by atoms with Gasteiger partial charge in [0.25, 0.3) is 5.89 Å². The third-order valence-electron chi connectivity index (χ3n) is 8.71. The number of pyridine rings is 2. The van der Waals surface area contributed by atoms with Crippen LogP contribution in [0.15, 0.2) is 137 Å². The summed E-state index contributed by atoms with van der Waals surface area (Å²) < 4.78 is 94.5. The Balaban J connectivity index is 0.000000196. The van der Waals surface area contributed by atoms with Crippen molar-refractivity contribution in [1.82, 2.24) is 25.5 Å². The van der Waals surface area contributed by atoms with Crippen LogP contribution in [0, 0.1) is 0 Å². The first-order valence-electron chi connectivity index (χ1n) is 19.0. The monoisotopic (exact) mass is 950 g/mol. The van der Waals surface area contributed by atoms with Crippen LogP contribution in [-0.4, -0.2) is 51.2 Å². The maximum Gasteiger partial charge on any atom is 0.417 e. The number of amidine groups is 1. The van der Waals surface area contributed by atoms with E-state index in [0.29, 0.717) is 58.1 Å². The summed E-state index contributed by atoms with van der Waals surface area (Å²) in [4.78, 5) is 37.1. The fourth-order valence-corrected chi connectivity index (χ4v) is 6.21. The Labute approximate surface area is 379 Å². The van der Waals surface area contributed by atoms with Crippen LogP contribution in [0.1, 0.15) is 16.8 Å². The Hall–Kier alpha value is -7.91. The van der Waals surface area contributed by atoms with Gasteiger partial charge in [-0.15, -0.1) is 10.2 Å². The predicted molar refractivity (Wildman–Crippen MR) is 232 cm³/mol. The zero-order valence-corrected chi connectivity index (χ0v) is 34.9. The van der Waals surface area contributed by atoms with E-state index < -0.39 is 45.6 Å². The first kappa shape index (κ1) is 46.1. The van der Waals surface area contributed by atoms with Gasteiger partial charge in [-0.05, 0) is 97.1 Å². The highest BCUT2D eigenvalue weighted by atomic mass is 35.5. The maximum absolute atomic E-state index is 13.0. The lowest BCUT2D eigenvalue weighted by atomic mass is 10.2. The molecule has 0 saturated heterocycles. The quantitative estimate of drug-likeness (QED) is 0.0825. The van der Waals surface area contributed by atoms with E-state index in [9.17, 15) is 35.9 Å². The van der Waals surface area contributed by atoms with Crippen LogP contribution in [0.4, 0.5) is 58.7 Å². The van der Waals surface area contributed by atoms with Crippen LogP contribution in [-0.2, 0) is 12.4 Å². The van der Waals surface area contributed by atoms with Crippen molar-refractivity contribution in [1.29, 1.82) is 0 Å². The zero-order chi connectivity index (χ0) is 46.8. The Morgan fingerprint density at radius 2 is 1.05 bits per heavy atom. The summed E-state index contributed by atoms with van der Waals surface area (Å²) in [5.74, 6) is 2.99. The lowest BCUT2D eigenvalue weighted by Crippen LogP contribution is -2.20. The number of aliphatic imine (C=N–C) groups is 1. The lowest BCUT2D eigenvalue weighted by molar-refractivity contribution is -0.138. The molecule has 0 radical (unpaired) electrons. The standard InChI is InChI=1S/C22H17ClF3N5O2.C21H13ClF3N5O3/c23-18-6-3-14(11-17(18)22(24,25)26)31-21(32)30-13-1-4-15(5-2-13)33-16-7-8-27-19(12-16)20-28-9-10-29-20;22-17-6-3-13(9-16(17)21(23,24)25)29-20(31)28-12-1-4-14(5-2-12)33-15-7-8-26-18(10-15)19-30-27-11-32-19/h1-8,11-12H,9-10H2,(H,28,29)(H2,30,31,32);1-11H,(H2,28,29,31). The van der Waals surface area contributed by atoms with E-state index in [2.05, 4.69) is 51.7 Å². The van der Waals surface area contributed by atoms with Crippen LogP contribution in [0.3, 0.4) is 0 Å². The molecule has 7 aromatic rings. The smallest absolute Gasteiger partial charge is 0.417 e. The Morgan fingerprint density at radius 3 is 1.48 bits per heavy atom. The molecule has 0 saturated carbocycles. The fraction of sp³-hybridized carbons (Fsp3) is 0.0930. The minimum Gasteiger partial charge on any atom is -0.457 e. The second kappa shape index (κ2) is 20.3. The number of nitrogens with zero attached hydrogens (tertiary/aromatic N) is 5. The Bertz CT molecular complexity index is 2850. The van der Waals surface area contributed by atoms with E-state index in [1.54, 1.807) is 79.0 Å². The van der Waals surface area contributed by atoms with Gasteiger partial charge in [-0.25, -0.2) is 9.59 Å². The van der Waals surface area contributed by atoms with Gasteiger partial charge in [0.15, 0.2) is 0 Å². The number of carbonyl (C=O) groups excluding carboxylic acids is 2. The molecule has 66 heavy (non-hydrogen) atoms. The van der Waals surface area contributed by atoms with Crippen molar-refractivity contribution in [3.63, 3.8) is 0 Å². The lowest BCUT2D eigenvalue weighted by Gasteiger charge is -2.12. The van der Waals surface area contributed by atoms with Crippen LogP contribution in [0.2, 0.25) is 10.0 Å². The number of nitrogens with one attached hydrogen (secondary N) is 5. The summed E-state index contributed by atoms with van der Waals surface area (Å²) in [7, 11) is 0. The van der Waals surface area contributed by atoms with Crippen molar-refractivity contribution in [3.8, 4) is 34.6 Å². The number of carbonyl (C=O) groups is 2. The molecule has 4 aromatic carbocycles. The Kier molecular flexibility index (Phi) is 14.2. The van der Waals surface area contributed by atoms with Crippen molar-refractivity contribution in [2.24, 2.45) is 4.99 Å². The van der Waals surface area contributed by atoms with Gasteiger partial charge >= 0.3 is 24.4 Å². The van der Waals surface area contributed by atoms with Crippen LogP contribution in [0.25, 0.3) is 11.6 Å². The summed E-state index contributed by atoms with van der Waals surface area (Å²) in [6.07, 6.45) is -4.93. The van der Waals surface area contributed by atoms with Gasteiger partial charge in [-0.1, -0.05) is 23.2 Å². The number of aromatic nitrogens is 4. The third-order valence-corrected chi connectivity index (χ3v) is 9.37.